The lowest BCUT2D eigenvalue weighted by Crippen LogP contribution is -2.22. The quantitative estimate of drug-likeness (QED) is 0.923. The third-order valence-electron chi connectivity index (χ3n) is 2.84. The van der Waals surface area contributed by atoms with Crippen LogP contribution in [0.2, 0.25) is 0 Å². The van der Waals surface area contributed by atoms with Gasteiger partial charge >= 0.3 is 5.97 Å². The minimum Gasteiger partial charge on any atom is -0.477 e. The highest BCUT2D eigenvalue weighted by atomic mass is 79.9. The van der Waals surface area contributed by atoms with E-state index in [0.29, 0.717) is 17.0 Å². The predicted octanol–water partition coefficient (Wildman–Crippen LogP) is 2.35. The van der Waals surface area contributed by atoms with Crippen LogP contribution in [-0.2, 0) is 4.74 Å². The molecule has 0 radical (unpaired) electrons. The molecule has 1 N–H and O–H groups in total. The smallest absolute Gasteiger partial charge is 0.341 e. The molecule has 0 saturated carbocycles. The second kappa shape index (κ2) is 6.15. The molecular formula is C12H14BrNO4. The van der Waals surface area contributed by atoms with Gasteiger partial charge in [-0.15, -0.1) is 0 Å². The summed E-state index contributed by atoms with van der Waals surface area (Å²) in [4.78, 5) is 15.1. The Balaban J connectivity index is 2.01. The molecule has 0 aliphatic carbocycles. The topological polar surface area (TPSA) is 68.7 Å². The fourth-order valence-corrected chi connectivity index (χ4v) is 2.14. The molecule has 0 bridgehead atoms. The maximum Gasteiger partial charge on any atom is 0.341 e. The molecule has 1 aromatic rings. The van der Waals surface area contributed by atoms with E-state index >= 15 is 0 Å². The first-order chi connectivity index (χ1) is 8.66. The fourth-order valence-electron chi connectivity index (χ4n) is 1.80. The van der Waals surface area contributed by atoms with Gasteiger partial charge in [0.15, 0.2) is 0 Å². The third kappa shape index (κ3) is 3.43. The average Bonchev–Trinajstić information content (AvgIpc) is 2.38. The molecular weight excluding hydrogens is 302 g/mol. The van der Waals surface area contributed by atoms with Crippen LogP contribution < -0.4 is 4.74 Å². The SMILES string of the molecule is O=C(O)c1cc(Br)cnc1OCC1CCOCC1. The number of rotatable bonds is 4. The number of aromatic nitrogens is 1. The Morgan fingerprint density at radius 1 is 1.56 bits per heavy atom. The second-order valence-electron chi connectivity index (χ2n) is 4.18. The zero-order chi connectivity index (χ0) is 13.0. The van der Waals surface area contributed by atoms with E-state index in [1.807, 2.05) is 0 Å². The van der Waals surface area contributed by atoms with Gasteiger partial charge in [0.2, 0.25) is 5.88 Å². The molecule has 0 atom stereocenters. The minimum atomic E-state index is -1.04. The molecule has 1 aliphatic heterocycles. The van der Waals surface area contributed by atoms with Crippen molar-refractivity contribution < 1.29 is 19.4 Å². The maximum absolute atomic E-state index is 11.1. The summed E-state index contributed by atoms with van der Waals surface area (Å²) in [6, 6.07) is 1.49. The Bertz CT molecular complexity index is 432. The van der Waals surface area contributed by atoms with Crippen molar-refractivity contribution in [1.82, 2.24) is 4.98 Å². The number of hydrogen-bond donors (Lipinski definition) is 1. The van der Waals surface area contributed by atoms with Crippen molar-refractivity contribution in [2.24, 2.45) is 5.92 Å². The largest absolute Gasteiger partial charge is 0.477 e. The summed E-state index contributed by atoms with van der Waals surface area (Å²) in [5, 5.41) is 9.07. The number of carboxylic acid groups (broad SMARTS) is 1. The van der Waals surface area contributed by atoms with Gasteiger partial charge in [-0.1, -0.05) is 0 Å². The molecule has 1 saturated heterocycles. The van der Waals surface area contributed by atoms with Crippen LogP contribution in [0.4, 0.5) is 0 Å². The van der Waals surface area contributed by atoms with Crippen LogP contribution >= 0.6 is 15.9 Å². The highest BCUT2D eigenvalue weighted by Crippen LogP contribution is 2.22. The summed E-state index contributed by atoms with van der Waals surface area (Å²) < 4.78 is 11.4. The van der Waals surface area contributed by atoms with Gasteiger partial charge < -0.3 is 14.6 Å². The van der Waals surface area contributed by atoms with Crippen LogP contribution in [0.25, 0.3) is 0 Å². The van der Waals surface area contributed by atoms with Crippen molar-refractivity contribution >= 4 is 21.9 Å². The summed E-state index contributed by atoms with van der Waals surface area (Å²) in [5.41, 5.74) is 0.0800. The van der Waals surface area contributed by atoms with Gasteiger partial charge in [0.05, 0.1) is 6.61 Å². The van der Waals surface area contributed by atoms with Crippen LogP contribution in [0.15, 0.2) is 16.7 Å². The van der Waals surface area contributed by atoms with E-state index in [-0.39, 0.29) is 11.4 Å². The number of nitrogens with zero attached hydrogens (tertiary/aromatic N) is 1. The Labute approximate surface area is 113 Å². The molecule has 6 heteroatoms. The molecule has 1 aromatic heterocycles. The summed E-state index contributed by atoms with van der Waals surface area (Å²) in [6.45, 7) is 1.97. The summed E-state index contributed by atoms with van der Waals surface area (Å²) in [5.74, 6) is -0.450. The third-order valence-corrected chi connectivity index (χ3v) is 3.28. The minimum absolute atomic E-state index is 0.0800. The molecule has 1 aliphatic rings. The summed E-state index contributed by atoms with van der Waals surface area (Å²) in [6.07, 6.45) is 3.42. The van der Waals surface area contributed by atoms with E-state index < -0.39 is 5.97 Å². The highest BCUT2D eigenvalue weighted by Gasteiger charge is 2.18. The number of hydrogen-bond acceptors (Lipinski definition) is 4. The van der Waals surface area contributed by atoms with E-state index in [0.717, 1.165) is 26.1 Å². The number of carboxylic acids is 1. The van der Waals surface area contributed by atoms with E-state index in [9.17, 15) is 4.79 Å². The van der Waals surface area contributed by atoms with Crippen molar-refractivity contribution in [1.29, 1.82) is 0 Å². The average molecular weight is 316 g/mol. The van der Waals surface area contributed by atoms with Gasteiger partial charge in [-0.2, -0.15) is 0 Å². The molecule has 5 nitrogen and oxygen atoms in total. The summed E-state index contributed by atoms with van der Waals surface area (Å²) in [7, 11) is 0. The molecule has 0 aromatic carbocycles. The van der Waals surface area contributed by atoms with E-state index in [4.69, 9.17) is 14.6 Å². The molecule has 2 rings (SSSR count). The van der Waals surface area contributed by atoms with Crippen LogP contribution in [0.5, 0.6) is 5.88 Å². The zero-order valence-electron chi connectivity index (χ0n) is 9.76. The van der Waals surface area contributed by atoms with Crippen molar-refractivity contribution in [2.75, 3.05) is 19.8 Å². The number of aromatic carboxylic acids is 1. The van der Waals surface area contributed by atoms with E-state index in [1.165, 1.54) is 12.3 Å². The Hall–Kier alpha value is -1.14. The lowest BCUT2D eigenvalue weighted by molar-refractivity contribution is 0.0482. The van der Waals surface area contributed by atoms with Crippen LogP contribution in [0.3, 0.4) is 0 Å². The number of ether oxygens (including phenoxy) is 2. The standard InChI is InChI=1S/C12H14BrNO4/c13-9-5-10(12(15)16)11(14-6-9)18-7-8-1-3-17-4-2-8/h5-6,8H,1-4,7H2,(H,15,16). The second-order valence-corrected chi connectivity index (χ2v) is 5.09. The highest BCUT2D eigenvalue weighted by molar-refractivity contribution is 9.10. The first-order valence-corrected chi connectivity index (χ1v) is 6.55. The molecule has 0 unspecified atom stereocenters. The van der Waals surface area contributed by atoms with Gasteiger partial charge in [-0.3, -0.25) is 0 Å². The van der Waals surface area contributed by atoms with Crippen LogP contribution in [0, 0.1) is 5.92 Å². The first kappa shape index (κ1) is 13.3. The van der Waals surface area contributed by atoms with Crippen LogP contribution in [0.1, 0.15) is 23.2 Å². The fraction of sp³-hybridized carbons (Fsp3) is 0.500. The van der Waals surface area contributed by atoms with Gasteiger partial charge in [0.25, 0.3) is 0 Å². The summed E-state index contributed by atoms with van der Waals surface area (Å²) >= 11 is 3.19. The van der Waals surface area contributed by atoms with Gasteiger partial charge in [-0.25, -0.2) is 9.78 Å². The molecule has 1 fully saturated rings. The van der Waals surface area contributed by atoms with Gasteiger partial charge in [0, 0.05) is 23.9 Å². The monoisotopic (exact) mass is 315 g/mol. The number of carbonyl (C=O) groups is 1. The molecule has 2 heterocycles. The maximum atomic E-state index is 11.1. The van der Waals surface area contributed by atoms with Crippen molar-refractivity contribution in [3.63, 3.8) is 0 Å². The van der Waals surface area contributed by atoms with Gasteiger partial charge in [-0.05, 0) is 40.8 Å². The number of halogens is 1. The molecule has 18 heavy (non-hydrogen) atoms. The lowest BCUT2D eigenvalue weighted by atomic mass is 10.0. The first-order valence-electron chi connectivity index (χ1n) is 5.76. The normalized spacial score (nSPS) is 16.5. The molecule has 0 amide bonds. The lowest BCUT2D eigenvalue weighted by Gasteiger charge is -2.22. The molecule has 98 valence electrons. The Morgan fingerprint density at radius 2 is 2.28 bits per heavy atom. The van der Waals surface area contributed by atoms with Crippen molar-refractivity contribution in [2.45, 2.75) is 12.8 Å². The molecule has 0 spiro atoms. The Morgan fingerprint density at radius 3 is 2.94 bits per heavy atom. The predicted molar refractivity (Wildman–Crippen MR) is 67.9 cm³/mol. The van der Waals surface area contributed by atoms with E-state index in [2.05, 4.69) is 20.9 Å². The van der Waals surface area contributed by atoms with Crippen molar-refractivity contribution in [3.8, 4) is 5.88 Å². The zero-order valence-corrected chi connectivity index (χ0v) is 11.4. The number of pyridine rings is 1. The van der Waals surface area contributed by atoms with Crippen molar-refractivity contribution in [3.05, 3.63) is 22.3 Å². The van der Waals surface area contributed by atoms with Crippen LogP contribution in [-0.4, -0.2) is 35.9 Å². The van der Waals surface area contributed by atoms with Gasteiger partial charge in [0.1, 0.15) is 5.56 Å². The van der Waals surface area contributed by atoms with E-state index in [1.54, 1.807) is 0 Å². The Kier molecular flexibility index (Phi) is 4.54.